The highest BCUT2D eigenvalue weighted by molar-refractivity contribution is 9.10. The van der Waals surface area contributed by atoms with E-state index in [-0.39, 0.29) is 6.61 Å². The van der Waals surface area contributed by atoms with Gasteiger partial charge in [-0.15, -0.1) is 0 Å². The van der Waals surface area contributed by atoms with Crippen LogP contribution in [0.2, 0.25) is 0 Å². The van der Waals surface area contributed by atoms with Gasteiger partial charge in [-0.25, -0.2) is 4.79 Å². The van der Waals surface area contributed by atoms with Gasteiger partial charge in [0.1, 0.15) is 0 Å². The fourth-order valence-electron chi connectivity index (χ4n) is 3.20. The fourth-order valence-corrected chi connectivity index (χ4v) is 3.47. The molecule has 0 unspecified atom stereocenters. The topological polar surface area (TPSA) is 46.5 Å². The fraction of sp³-hybridized carbons (Fsp3) is 0.227. The maximum Gasteiger partial charge on any atom is 0.343 e. The molecule has 0 fully saturated rings. The van der Waals surface area contributed by atoms with E-state index in [0.717, 1.165) is 20.8 Å². The predicted molar refractivity (Wildman–Crippen MR) is 107 cm³/mol. The van der Waals surface area contributed by atoms with Crippen molar-refractivity contribution in [2.75, 3.05) is 6.61 Å². The van der Waals surface area contributed by atoms with Gasteiger partial charge in [-0.05, 0) is 47.0 Å². The summed E-state index contributed by atoms with van der Waals surface area (Å²) in [6, 6.07) is 21.1. The first-order valence-corrected chi connectivity index (χ1v) is 9.40. The van der Waals surface area contributed by atoms with Crippen molar-refractivity contribution < 1.29 is 14.6 Å². The second kappa shape index (κ2) is 7.60. The van der Waals surface area contributed by atoms with Gasteiger partial charge in [-0.3, -0.25) is 0 Å². The first-order chi connectivity index (χ1) is 12.5. The minimum atomic E-state index is -1.77. The van der Waals surface area contributed by atoms with E-state index in [0.29, 0.717) is 5.56 Å². The van der Waals surface area contributed by atoms with Gasteiger partial charge in [0.05, 0.1) is 6.61 Å². The molecule has 3 aromatic carbocycles. The number of hydrogen-bond acceptors (Lipinski definition) is 3. The smallest absolute Gasteiger partial charge is 0.343 e. The molecular weight excluding hydrogens is 392 g/mol. The molecule has 0 aromatic heterocycles. The standard InChI is InChI=1S/C22H21BrO3/c1-3-26-21(24)22(25,15(2)16-9-12-20(23)13-10-16)19-11-8-17-6-4-5-7-18(17)14-19/h4-15,25H,3H2,1-2H3/t15-,22+/m0/s1. The monoisotopic (exact) mass is 412 g/mol. The molecule has 0 heterocycles. The Balaban J connectivity index is 2.13. The number of carbonyl (C=O) groups is 1. The Morgan fingerprint density at radius 1 is 1.08 bits per heavy atom. The summed E-state index contributed by atoms with van der Waals surface area (Å²) in [4.78, 5) is 12.8. The lowest BCUT2D eigenvalue weighted by Gasteiger charge is -2.33. The highest BCUT2D eigenvalue weighted by Gasteiger charge is 2.45. The minimum Gasteiger partial charge on any atom is -0.464 e. The average Bonchev–Trinajstić information content (AvgIpc) is 2.67. The van der Waals surface area contributed by atoms with E-state index in [1.54, 1.807) is 13.0 Å². The molecule has 3 nitrogen and oxygen atoms in total. The molecule has 0 aliphatic carbocycles. The van der Waals surface area contributed by atoms with E-state index in [9.17, 15) is 9.90 Å². The van der Waals surface area contributed by atoms with Crippen LogP contribution in [0.25, 0.3) is 10.8 Å². The molecule has 0 saturated carbocycles. The largest absolute Gasteiger partial charge is 0.464 e. The van der Waals surface area contributed by atoms with Crippen LogP contribution in [0, 0.1) is 0 Å². The van der Waals surface area contributed by atoms with E-state index >= 15 is 0 Å². The molecule has 1 N–H and O–H groups in total. The van der Waals surface area contributed by atoms with Crippen LogP contribution in [0.3, 0.4) is 0 Å². The molecular formula is C22H21BrO3. The Bertz CT molecular complexity index is 920. The van der Waals surface area contributed by atoms with E-state index in [1.807, 2.05) is 67.6 Å². The van der Waals surface area contributed by atoms with Crippen molar-refractivity contribution >= 4 is 32.7 Å². The number of halogens is 1. The number of hydrogen-bond donors (Lipinski definition) is 1. The van der Waals surface area contributed by atoms with Crippen LogP contribution in [0.4, 0.5) is 0 Å². The van der Waals surface area contributed by atoms with Gasteiger partial charge < -0.3 is 9.84 Å². The molecule has 4 heteroatoms. The number of ether oxygens (including phenoxy) is 1. The maximum atomic E-state index is 12.8. The highest BCUT2D eigenvalue weighted by Crippen LogP contribution is 2.39. The van der Waals surface area contributed by atoms with Gasteiger partial charge in [0, 0.05) is 10.4 Å². The summed E-state index contributed by atoms with van der Waals surface area (Å²) >= 11 is 3.42. The van der Waals surface area contributed by atoms with Crippen LogP contribution >= 0.6 is 15.9 Å². The first-order valence-electron chi connectivity index (χ1n) is 8.61. The molecule has 3 rings (SSSR count). The number of fused-ring (bicyclic) bond motifs is 1. The Hall–Kier alpha value is -2.17. The Labute approximate surface area is 161 Å². The van der Waals surface area contributed by atoms with Crippen molar-refractivity contribution in [3.8, 4) is 0 Å². The first kappa shape index (κ1) is 18.6. The van der Waals surface area contributed by atoms with Crippen molar-refractivity contribution in [2.45, 2.75) is 25.4 Å². The van der Waals surface area contributed by atoms with Crippen LogP contribution in [-0.4, -0.2) is 17.7 Å². The molecule has 0 aliphatic heterocycles. The Morgan fingerprint density at radius 2 is 1.73 bits per heavy atom. The van der Waals surface area contributed by atoms with E-state index < -0.39 is 17.5 Å². The third kappa shape index (κ3) is 3.39. The lowest BCUT2D eigenvalue weighted by molar-refractivity contribution is -0.168. The Morgan fingerprint density at radius 3 is 2.38 bits per heavy atom. The summed E-state index contributed by atoms with van der Waals surface area (Å²) in [6.45, 7) is 3.79. The normalized spacial score (nSPS) is 14.6. The molecule has 134 valence electrons. The minimum absolute atomic E-state index is 0.210. The molecule has 26 heavy (non-hydrogen) atoms. The van der Waals surface area contributed by atoms with E-state index in [1.165, 1.54) is 0 Å². The summed E-state index contributed by atoms with van der Waals surface area (Å²) in [6.07, 6.45) is 0. The third-order valence-electron chi connectivity index (χ3n) is 4.77. The second-order valence-electron chi connectivity index (χ2n) is 6.32. The summed E-state index contributed by atoms with van der Waals surface area (Å²) in [7, 11) is 0. The van der Waals surface area contributed by atoms with Crippen LogP contribution in [0.1, 0.15) is 30.9 Å². The molecule has 0 bridgehead atoms. The third-order valence-corrected chi connectivity index (χ3v) is 5.30. The average molecular weight is 413 g/mol. The molecule has 0 spiro atoms. The number of esters is 1. The van der Waals surface area contributed by atoms with Gasteiger partial charge in [0.15, 0.2) is 5.60 Å². The number of rotatable bonds is 5. The zero-order valence-electron chi connectivity index (χ0n) is 14.8. The van der Waals surface area contributed by atoms with Crippen molar-refractivity contribution in [1.29, 1.82) is 0 Å². The summed E-state index contributed by atoms with van der Waals surface area (Å²) in [5.74, 6) is -1.11. The van der Waals surface area contributed by atoms with Crippen LogP contribution in [-0.2, 0) is 15.1 Å². The quantitative estimate of drug-likeness (QED) is 0.588. The van der Waals surface area contributed by atoms with Crippen molar-refractivity contribution in [1.82, 2.24) is 0 Å². The summed E-state index contributed by atoms with van der Waals surface area (Å²) < 4.78 is 6.19. The summed E-state index contributed by atoms with van der Waals surface area (Å²) in [5, 5.41) is 13.6. The molecule has 3 aromatic rings. The van der Waals surface area contributed by atoms with Gasteiger partial charge in [-0.1, -0.05) is 71.4 Å². The van der Waals surface area contributed by atoms with Gasteiger partial charge >= 0.3 is 5.97 Å². The second-order valence-corrected chi connectivity index (χ2v) is 7.24. The van der Waals surface area contributed by atoms with Crippen molar-refractivity contribution in [3.63, 3.8) is 0 Å². The molecule has 2 atom stereocenters. The van der Waals surface area contributed by atoms with Gasteiger partial charge in [-0.2, -0.15) is 0 Å². The predicted octanol–water partition coefficient (Wildman–Crippen LogP) is 5.16. The molecule has 0 radical (unpaired) electrons. The number of carbonyl (C=O) groups excluding carboxylic acids is 1. The zero-order chi connectivity index (χ0) is 18.7. The van der Waals surface area contributed by atoms with Crippen molar-refractivity contribution in [2.24, 2.45) is 0 Å². The van der Waals surface area contributed by atoms with Gasteiger partial charge in [0.25, 0.3) is 0 Å². The number of benzene rings is 3. The van der Waals surface area contributed by atoms with Crippen LogP contribution in [0.15, 0.2) is 71.2 Å². The molecule has 0 saturated heterocycles. The molecule has 0 aliphatic rings. The maximum absolute atomic E-state index is 12.8. The zero-order valence-corrected chi connectivity index (χ0v) is 16.4. The van der Waals surface area contributed by atoms with Crippen LogP contribution in [0.5, 0.6) is 0 Å². The highest BCUT2D eigenvalue weighted by atomic mass is 79.9. The van der Waals surface area contributed by atoms with E-state index in [2.05, 4.69) is 15.9 Å². The Kier molecular flexibility index (Phi) is 5.44. The van der Waals surface area contributed by atoms with Gasteiger partial charge in [0.2, 0.25) is 0 Å². The lowest BCUT2D eigenvalue weighted by atomic mass is 9.78. The summed E-state index contributed by atoms with van der Waals surface area (Å²) in [5.41, 5.74) is -0.379. The number of aliphatic hydroxyl groups is 1. The van der Waals surface area contributed by atoms with Crippen LogP contribution < -0.4 is 0 Å². The molecule has 0 amide bonds. The van der Waals surface area contributed by atoms with Crippen molar-refractivity contribution in [3.05, 3.63) is 82.3 Å². The lowest BCUT2D eigenvalue weighted by Crippen LogP contribution is -2.42. The van der Waals surface area contributed by atoms with E-state index in [4.69, 9.17) is 4.74 Å². The SMILES string of the molecule is CCOC(=O)[C@](O)(c1ccc2ccccc2c1)[C@@H](C)c1ccc(Br)cc1.